The highest BCUT2D eigenvalue weighted by Gasteiger charge is 2.08. The summed E-state index contributed by atoms with van der Waals surface area (Å²) >= 11 is 17.2. The molecule has 0 radical (unpaired) electrons. The van der Waals surface area contributed by atoms with E-state index in [1.165, 1.54) is 0 Å². The Morgan fingerprint density at radius 1 is 1.17 bits per heavy atom. The largest absolute Gasteiger partial charge is 0.250 e. The molecule has 2 aromatic carbocycles. The molecule has 4 nitrogen and oxygen atoms in total. The van der Waals surface area contributed by atoms with Crippen LogP contribution in [0.2, 0.25) is 10.0 Å². The Bertz CT molecular complexity index is 943. The molecular weight excluding hydrogens is 351 g/mol. The zero-order chi connectivity index (χ0) is 16.4. The Morgan fingerprint density at radius 3 is 2.74 bits per heavy atom. The smallest absolute Gasteiger partial charge is 0.216 e. The van der Waals surface area contributed by atoms with Crippen LogP contribution in [0.4, 0.5) is 0 Å². The van der Waals surface area contributed by atoms with Crippen molar-refractivity contribution in [3.05, 3.63) is 68.4 Å². The van der Waals surface area contributed by atoms with Crippen LogP contribution < -0.4 is 0 Å². The van der Waals surface area contributed by atoms with E-state index in [0.717, 1.165) is 16.7 Å². The summed E-state index contributed by atoms with van der Waals surface area (Å²) in [6.07, 6.45) is 1.66. The van der Waals surface area contributed by atoms with E-state index in [1.54, 1.807) is 23.0 Å². The lowest BCUT2D eigenvalue weighted by molar-refractivity contribution is 0.871. The number of benzene rings is 2. The zero-order valence-electron chi connectivity index (χ0n) is 12.1. The minimum atomic E-state index is 0.415. The third-order valence-corrected chi connectivity index (χ3v) is 4.20. The van der Waals surface area contributed by atoms with Gasteiger partial charge in [-0.15, -0.1) is 0 Å². The summed E-state index contributed by atoms with van der Waals surface area (Å²) in [7, 11) is 0. The summed E-state index contributed by atoms with van der Waals surface area (Å²) in [4.78, 5) is 0. The number of aromatic nitrogens is 3. The number of halogens is 2. The van der Waals surface area contributed by atoms with Gasteiger partial charge >= 0.3 is 0 Å². The lowest BCUT2D eigenvalue weighted by atomic mass is 10.1. The average Bonchev–Trinajstić information content (AvgIpc) is 2.89. The van der Waals surface area contributed by atoms with Crippen LogP contribution in [0, 0.1) is 11.7 Å². The van der Waals surface area contributed by atoms with Gasteiger partial charge in [-0.05, 0) is 42.9 Å². The van der Waals surface area contributed by atoms with Crippen LogP contribution in [0.1, 0.15) is 11.1 Å². The van der Waals surface area contributed by atoms with Gasteiger partial charge in [0, 0.05) is 5.56 Å². The van der Waals surface area contributed by atoms with Gasteiger partial charge in [-0.3, -0.25) is 0 Å². The van der Waals surface area contributed by atoms with Crippen molar-refractivity contribution in [2.75, 3.05) is 0 Å². The molecule has 0 bridgehead atoms. The third kappa shape index (κ3) is 3.52. The third-order valence-electron chi connectivity index (χ3n) is 3.19. The highest BCUT2D eigenvalue weighted by Crippen LogP contribution is 2.22. The number of H-pyrrole nitrogens is 1. The predicted octanol–water partition coefficient (Wildman–Crippen LogP) is 5.11. The summed E-state index contributed by atoms with van der Waals surface area (Å²) < 4.78 is 1.99. The monoisotopic (exact) mass is 362 g/mol. The first kappa shape index (κ1) is 15.9. The highest BCUT2D eigenvalue weighted by atomic mass is 35.5. The molecule has 116 valence electrons. The maximum absolute atomic E-state index is 6.01. The molecule has 7 heteroatoms. The van der Waals surface area contributed by atoms with Gasteiger partial charge in [-0.2, -0.15) is 14.9 Å². The first-order valence-electron chi connectivity index (χ1n) is 6.78. The molecule has 0 saturated carbocycles. The van der Waals surface area contributed by atoms with Gasteiger partial charge in [0.05, 0.1) is 16.3 Å². The maximum Gasteiger partial charge on any atom is 0.216 e. The number of aromatic amines is 1. The molecule has 3 rings (SSSR count). The first-order valence-corrected chi connectivity index (χ1v) is 7.95. The van der Waals surface area contributed by atoms with Gasteiger partial charge in [0.25, 0.3) is 0 Å². The average molecular weight is 363 g/mol. The van der Waals surface area contributed by atoms with Crippen molar-refractivity contribution in [2.45, 2.75) is 6.92 Å². The Hall–Kier alpha value is -1.95. The molecule has 0 spiro atoms. The van der Waals surface area contributed by atoms with Crippen molar-refractivity contribution in [1.82, 2.24) is 14.9 Å². The number of rotatable bonds is 3. The number of hydrogen-bond donors (Lipinski definition) is 1. The molecule has 1 N–H and O–H groups in total. The normalized spacial score (nSPS) is 11.3. The number of nitrogens with zero attached hydrogens (tertiary/aromatic N) is 3. The van der Waals surface area contributed by atoms with Gasteiger partial charge < -0.3 is 0 Å². The van der Waals surface area contributed by atoms with Crippen molar-refractivity contribution in [1.29, 1.82) is 0 Å². The van der Waals surface area contributed by atoms with E-state index in [0.29, 0.717) is 20.6 Å². The van der Waals surface area contributed by atoms with E-state index < -0.39 is 0 Å². The van der Waals surface area contributed by atoms with Crippen molar-refractivity contribution in [3.8, 4) is 11.4 Å². The molecule has 0 aliphatic heterocycles. The first-order chi connectivity index (χ1) is 11.0. The van der Waals surface area contributed by atoms with Gasteiger partial charge in [0.2, 0.25) is 4.77 Å². The number of nitrogens with one attached hydrogen (secondary N) is 1. The minimum Gasteiger partial charge on any atom is -0.250 e. The molecule has 0 aliphatic rings. The molecule has 0 fully saturated rings. The van der Waals surface area contributed by atoms with Gasteiger partial charge in [0.1, 0.15) is 0 Å². The molecule has 0 amide bonds. The van der Waals surface area contributed by atoms with E-state index >= 15 is 0 Å². The second-order valence-corrected chi connectivity index (χ2v) is 6.15. The topological polar surface area (TPSA) is 46.0 Å². The van der Waals surface area contributed by atoms with Crippen molar-refractivity contribution >= 4 is 41.6 Å². The van der Waals surface area contributed by atoms with Crippen molar-refractivity contribution < 1.29 is 0 Å². The molecule has 1 heterocycles. The summed E-state index contributed by atoms with van der Waals surface area (Å²) in [5, 5.41) is 12.4. The Kier molecular flexibility index (Phi) is 4.61. The Morgan fingerprint density at radius 2 is 2.00 bits per heavy atom. The number of aryl methyl sites for hydroxylation is 1. The predicted molar refractivity (Wildman–Crippen MR) is 97.0 cm³/mol. The lowest BCUT2D eigenvalue weighted by Gasteiger charge is -2.02. The van der Waals surface area contributed by atoms with E-state index in [1.807, 2.05) is 37.3 Å². The molecule has 0 aliphatic carbocycles. The van der Waals surface area contributed by atoms with Crippen LogP contribution in [0.25, 0.3) is 11.4 Å². The zero-order valence-corrected chi connectivity index (χ0v) is 14.5. The van der Waals surface area contributed by atoms with Crippen molar-refractivity contribution in [3.63, 3.8) is 0 Å². The fourth-order valence-electron chi connectivity index (χ4n) is 2.09. The van der Waals surface area contributed by atoms with Crippen LogP contribution in [0.15, 0.2) is 47.6 Å². The Balaban J connectivity index is 2.00. The van der Waals surface area contributed by atoms with Crippen LogP contribution in [0.5, 0.6) is 0 Å². The molecule has 0 unspecified atom stereocenters. The standard InChI is InChI=1S/C16H12Cl2N4S/c1-10-3-2-4-12(7-10)15-20-21-16(23)22(15)19-9-11-5-6-13(17)14(18)8-11/h2-9H,1H3,(H,21,23)/b19-9+. The molecule has 1 aromatic heterocycles. The molecule has 0 atom stereocenters. The summed E-state index contributed by atoms with van der Waals surface area (Å²) in [5.74, 6) is 0.648. The second-order valence-electron chi connectivity index (χ2n) is 4.95. The Labute approximate surface area is 148 Å². The minimum absolute atomic E-state index is 0.415. The van der Waals surface area contributed by atoms with Crippen LogP contribution >= 0.6 is 35.4 Å². The number of hydrogen-bond acceptors (Lipinski definition) is 3. The van der Waals surface area contributed by atoms with Gasteiger partial charge in [-0.25, -0.2) is 5.10 Å². The van der Waals surface area contributed by atoms with E-state index in [-0.39, 0.29) is 0 Å². The van der Waals surface area contributed by atoms with Crippen LogP contribution in [-0.2, 0) is 0 Å². The highest BCUT2D eigenvalue weighted by molar-refractivity contribution is 7.71. The van der Waals surface area contributed by atoms with Crippen LogP contribution in [0.3, 0.4) is 0 Å². The van der Waals surface area contributed by atoms with Crippen LogP contribution in [-0.4, -0.2) is 21.1 Å². The fraction of sp³-hybridized carbons (Fsp3) is 0.0625. The van der Waals surface area contributed by atoms with E-state index in [2.05, 4.69) is 15.3 Å². The fourth-order valence-corrected chi connectivity index (χ4v) is 2.57. The quantitative estimate of drug-likeness (QED) is 0.520. The summed E-state index contributed by atoms with van der Waals surface area (Å²) in [5.41, 5.74) is 2.89. The van der Waals surface area contributed by atoms with E-state index in [4.69, 9.17) is 35.4 Å². The SMILES string of the molecule is Cc1cccc(-c2n[nH]c(=S)n2/N=C/c2ccc(Cl)c(Cl)c2)c1. The molecule has 3 aromatic rings. The summed E-state index contributed by atoms with van der Waals surface area (Å²) in [6, 6.07) is 13.3. The van der Waals surface area contributed by atoms with Gasteiger partial charge in [-0.1, -0.05) is 53.0 Å². The maximum atomic E-state index is 6.01. The molecular formula is C16H12Cl2N4S. The molecule has 23 heavy (non-hydrogen) atoms. The second kappa shape index (κ2) is 6.66. The van der Waals surface area contributed by atoms with Crippen molar-refractivity contribution in [2.24, 2.45) is 5.10 Å². The van der Waals surface area contributed by atoms with E-state index in [9.17, 15) is 0 Å². The summed E-state index contributed by atoms with van der Waals surface area (Å²) in [6.45, 7) is 2.02. The molecule has 0 saturated heterocycles. The lowest BCUT2D eigenvalue weighted by Crippen LogP contribution is -1.95. The van der Waals surface area contributed by atoms with Gasteiger partial charge in [0.15, 0.2) is 5.82 Å².